The summed E-state index contributed by atoms with van der Waals surface area (Å²) in [5, 5.41) is 12.8. The monoisotopic (exact) mass is 197 g/mol. The molecule has 0 radical (unpaired) electrons. The highest BCUT2D eigenvalue weighted by Gasteiger charge is 2.27. The van der Waals surface area contributed by atoms with Crippen LogP contribution in [-0.2, 0) is 11.3 Å². The third kappa shape index (κ3) is 2.32. The van der Waals surface area contributed by atoms with Gasteiger partial charge in [-0.15, -0.1) is 0 Å². The van der Waals surface area contributed by atoms with E-state index in [-0.39, 0.29) is 0 Å². The Morgan fingerprint density at radius 1 is 1.79 bits per heavy atom. The van der Waals surface area contributed by atoms with Crippen LogP contribution in [-0.4, -0.2) is 26.4 Å². The summed E-state index contributed by atoms with van der Waals surface area (Å²) in [6.45, 7) is 3.95. The van der Waals surface area contributed by atoms with Crippen molar-refractivity contribution in [3.8, 4) is 0 Å². The van der Waals surface area contributed by atoms with Gasteiger partial charge in [0.15, 0.2) is 0 Å². The van der Waals surface area contributed by atoms with Crippen molar-refractivity contribution in [1.82, 2.24) is 9.78 Å². The fourth-order valence-corrected chi connectivity index (χ4v) is 1.08. The highest BCUT2D eigenvalue weighted by Crippen LogP contribution is 2.08. The maximum atomic E-state index is 10.7. The third-order valence-electron chi connectivity index (χ3n) is 2.26. The Kier molecular flexibility index (Phi) is 2.90. The molecular weight excluding hydrogens is 182 g/mol. The average molecular weight is 197 g/mol. The zero-order chi connectivity index (χ0) is 10.8. The molecule has 78 valence electrons. The van der Waals surface area contributed by atoms with Gasteiger partial charge in [0.1, 0.15) is 5.54 Å². The van der Waals surface area contributed by atoms with Gasteiger partial charge in [-0.25, -0.2) is 0 Å². The summed E-state index contributed by atoms with van der Waals surface area (Å²) in [4.78, 5) is 10.7. The molecular formula is C9H15N3O2. The summed E-state index contributed by atoms with van der Waals surface area (Å²) < 4.78 is 1.74. The molecule has 0 aliphatic rings. The fourth-order valence-electron chi connectivity index (χ4n) is 1.08. The highest BCUT2D eigenvalue weighted by atomic mass is 16.4. The first kappa shape index (κ1) is 10.7. The van der Waals surface area contributed by atoms with Crippen LogP contribution in [0.2, 0.25) is 0 Å². The second-order valence-corrected chi connectivity index (χ2v) is 3.67. The quantitative estimate of drug-likeness (QED) is 0.731. The first-order valence-electron chi connectivity index (χ1n) is 4.44. The summed E-state index contributed by atoms with van der Waals surface area (Å²) in [5.41, 5.74) is 5.41. The van der Waals surface area contributed by atoms with E-state index in [0.717, 1.165) is 5.69 Å². The molecule has 1 rings (SSSR count). The van der Waals surface area contributed by atoms with Gasteiger partial charge in [0, 0.05) is 18.4 Å². The van der Waals surface area contributed by atoms with Gasteiger partial charge in [0.05, 0.1) is 0 Å². The van der Waals surface area contributed by atoms with Crippen LogP contribution in [0.15, 0.2) is 12.3 Å². The number of carboxylic acid groups (broad SMARTS) is 1. The minimum absolute atomic E-state index is 0.366. The molecule has 14 heavy (non-hydrogen) atoms. The maximum Gasteiger partial charge on any atom is 0.323 e. The second-order valence-electron chi connectivity index (χ2n) is 3.67. The summed E-state index contributed by atoms with van der Waals surface area (Å²) in [6, 6.07) is 1.87. The van der Waals surface area contributed by atoms with Crippen LogP contribution in [0.4, 0.5) is 0 Å². The Morgan fingerprint density at radius 3 is 2.86 bits per heavy atom. The predicted molar refractivity (Wildman–Crippen MR) is 51.8 cm³/mol. The molecule has 0 bridgehead atoms. The first-order valence-corrected chi connectivity index (χ1v) is 4.44. The summed E-state index contributed by atoms with van der Waals surface area (Å²) in [5.74, 6) is -0.984. The molecule has 1 atom stereocenters. The second kappa shape index (κ2) is 3.79. The number of carbonyl (C=O) groups is 1. The lowest BCUT2D eigenvalue weighted by atomic mass is 10.00. The van der Waals surface area contributed by atoms with Gasteiger partial charge in [-0.3, -0.25) is 9.48 Å². The molecule has 5 heteroatoms. The Balaban J connectivity index is 2.57. The topological polar surface area (TPSA) is 81.1 Å². The zero-order valence-electron chi connectivity index (χ0n) is 8.40. The van der Waals surface area contributed by atoms with E-state index in [9.17, 15) is 4.79 Å². The average Bonchev–Trinajstić information content (AvgIpc) is 2.47. The fraction of sp³-hybridized carbons (Fsp3) is 0.556. The van der Waals surface area contributed by atoms with Crippen LogP contribution in [0.1, 0.15) is 19.0 Å². The molecule has 0 saturated carbocycles. The zero-order valence-corrected chi connectivity index (χ0v) is 8.40. The smallest absolute Gasteiger partial charge is 0.323 e. The Hall–Kier alpha value is -1.36. The molecule has 1 heterocycles. The summed E-state index contributed by atoms with van der Waals surface area (Å²) in [7, 11) is 0. The normalized spacial score (nSPS) is 15.1. The van der Waals surface area contributed by atoms with E-state index in [1.165, 1.54) is 6.92 Å². The molecule has 0 amide bonds. The van der Waals surface area contributed by atoms with Crippen molar-refractivity contribution in [2.24, 2.45) is 5.73 Å². The van der Waals surface area contributed by atoms with Crippen LogP contribution in [0, 0.1) is 6.92 Å². The predicted octanol–water partition coefficient (Wildman–Crippen LogP) is 0.384. The van der Waals surface area contributed by atoms with Gasteiger partial charge < -0.3 is 10.8 Å². The molecule has 1 aromatic rings. The number of hydrogen-bond acceptors (Lipinski definition) is 3. The van der Waals surface area contributed by atoms with Crippen molar-refractivity contribution < 1.29 is 9.90 Å². The lowest BCUT2D eigenvalue weighted by molar-refractivity contribution is -0.143. The van der Waals surface area contributed by atoms with E-state index in [2.05, 4.69) is 5.10 Å². The van der Waals surface area contributed by atoms with Gasteiger partial charge in [0.25, 0.3) is 0 Å². The van der Waals surface area contributed by atoms with Crippen molar-refractivity contribution in [2.45, 2.75) is 32.4 Å². The van der Waals surface area contributed by atoms with Gasteiger partial charge in [-0.1, -0.05) is 0 Å². The number of rotatable bonds is 4. The van der Waals surface area contributed by atoms with Gasteiger partial charge >= 0.3 is 5.97 Å². The summed E-state index contributed by atoms with van der Waals surface area (Å²) >= 11 is 0. The lowest BCUT2D eigenvalue weighted by Gasteiger charge is -2.19. The molecule has 0 fully saturated rings. The Morgan fingerprint density at radius 2 is 2.43 bits per heavy atom. The van der Waals surface area contributed by atoms with E-state index in [1.54, 1.807) is 10.9 Å². The molecule has 1 unspecified atom stereocenters. The Labute approximate surface area is 82.5 Å². The molecule has 0 aliphatic heterocycles. The van der Waals surface area contributed by atoms with Crippen LogP contribution in [0.5, 0.6) is 0 Å². The molecule has 0 spiro atoms. The maximum absolute atomic E-state index is 10.7. The largest absolute Gasteiger partial charge is 0.480 e. The number of aryl methyl sites for hydroxylation is 2. The van der Waals surface area contributed by atoms with Crippen molar-refractivity contribution >= 4 is 5.97 Å². The van der Waals surface area contributed by atoms with E-state index in [1.807, 2.05) is 13.0 Å². The van der Waals surface area contributed by atoms with Crippen LogP contribution >= 0.6 is 0 Å². The van der Waals surface area contributed by atoms with Crippen LogP contribution < -0.4 is 5.73 Å². The number of nitrogens with zero attached hydrogens (tertiary/aromatic N) is 2. The van der Waals surface area contributed by atoms with E-state index in [4.69, 9.17) is 10.8 Å². The molecule has 0 aromatic carbocycles. The van der Waals surface area contributed by atoms with Crippen molar-refractivity contribution in [2.75, 3.05) is 0 Å². The minimum atomic E-state index is -1.18. The van der Waals surface area contributed by atoms with E-state index >= 15 is 0 Å². The van der Waals surface area contributed by atoms with Crippen LogP contribution in [0.3, 0.4) is 0 Å². The molecule has 0 aliphatic carbocycles. The number of aliphatic carboxylic acids is 1. The van der Waals surface area contributed by atoms with E-state index < -0.39 is 11.5 Å². The number of carboxylic acids is 1. The molecule has 1 aromatic heterocycles. The molecule has 3 N–H and O–H groups in total. The standard InChI is InChI=1S/C9H15N3O2/c1-7-3-5-11-12(7)6-4-9(2,10)8(13)14/h3,5H,4,6,10H2,1-2H3,(H,13,14). The Bertz CT molecular complexity index is 331. The number of nitrogens with two attached hydrogens (primary N) is 1. The van der Waals surface area contributed by atoms with Crippen molar-refractivity contribution in [3.63, 3.8) is 0 Å². The number of aromatic nitrogens is 2. The van der Waals surface area contributed by atoms with Gasteiger partial charge in [-0.2, -0.15) is 5.10 Å². The minimum Gasteiger partial charge on any atom is -0.480 e. The highest BCUT2D eigenvalue weighted by molar-refractivity contribution is 5.77. The SMILES string of the molecule is Cc1ccnn1CCC(C)(N)C(=O)O. The van der Waals surface area contributed by atoms with Crippen LogP contribution in [0.25, 0.3) is 0 Å². The third-order valence-corrected chi connectivity index (χ3v) is 2.26. The van der Waals surface area contributed by atoms with Crippen molar-refractivity contribution in [1.29, 1.82) is 0 Å². The van der Waals surface area contributed by atoms with Gasteiger partial charge in [0.2, 0.25) is 0 Å². The summed E-state index contributed by atoms with van der Waals surface area (Å²) in [6.07, 6.45) is 2.05. The van der Waals surface area contributed by atoms with Gasteiger partial charge in [-0.05, 0) is 26.3 Å². The first-order chi connectivity index (χ1) is 6.43. The molecule has 5 nitrogen and oxygen atoms in total. The lowest BCUT2D eigenvalue weighted by Crippen LogP contribution is -2.45. The molecule has 0 saturated heterocycles. The van der Waals surface area contributed by atoms with E-state index in [0.29, 0.717) is 13.0 Å². The van der Waals surface area contributed by atoms with Crippen molar-refractivity contribution in [3.05, 3.63) is 18.0 Å². The number of hydrogen-bond donors (Lipinski definition) is 2.